The molecule has 84 valence electrons. The monoisotopic (exact) mass is 333 g/mol. The minimum Gasteiger partial charge on any atom is -0.480 e. The molecule has 0 saturated carbocycles. The van der Waals surface area contributed by atoms with Gasteiger partial charge in [-0.25, -0.2) is 4.39 Å². The quantitative estimate of drug-likeness (QED) is 0.670. The molecule has 0 saturated heterocycles. The number of carboxylic acid groups (broad SMARTS) is 1. The van der Waals surface area contributed by atoms with Gasteiger partial charge in [-0.1, -0.05) is 22.6 Å². The number of rotatable bonds is 3. The first kappa shape index (κ1) is 11.4. The lowest BCUT2D eigenvalue weighted by molar-refractivity contribution is -0.135. The van der Waals surface area contributed by atoms with Crippen LogP contribution in [0.1, 0.15) is 5.56 Å². The molecule has 5 heteroatoms. The van der Waals surface area contributed by atoms with Gasteiger partial charge in [0.2, 0.25) is 0 Å². The van der Waals surface area contributed by atoms with Gasteiger partial charge in [0.05, 0.1) is 0 Å². The third-order valence-electron chi connectivity index (χ3n) is 2.40. The Morgan fingerprint density at radius 1 is 1.56 bits per heavy atom. The molecule has 16 heavy (non-hydrogen) atoms. The zero-order valence-corrected chi connectivity index (χ0v) is 10.4. The number of benzene rings is 1. The summed E-state index contributed by atoms with van der Waals surface area (Å²) >= 11 is 1.88. The Kier molecular flexibility index (Phi) is 3.13. The lowest BCUT2D eigenvalue weighted by atomic mass is 10.1. The van der Waals surface area contributed by atoms with Crippen molar-refractivity contribution in [1.29, 1.82) is 0 Å². The topological polar surface area (TPSA) is 53.1 Å². The number of fused-ring (bicyclic) bond motifs is 1. The largest absolute Gasteiger partial charge is 0.480 e. The second kappa shape index (κ2) is 4.40. The molecule has 0 bridgehead atoms. The number of carboxylic acids is 1. The van der Waals surface area contributed by atoms with Crippen LogP contribution < -0.4 is 0 Å². The van der Waals surface area contributed by atoms with Crippen LogP contribution in [0.2, 0.25) is 0 Å². The van der Waals surface area contributed by atoms with Crippen LogP contribution >= 0.6 is 22.6 Å². The van der Waals surface area contributed by atoms with Crippen LogP contribution in [0.25, 0.3) is 10.9 Å². The number of aliphatic carboxylic acids is 1. The van der Waals surface area contributed by atoms with Crippen molar-refractivity contribution in [3.8, 4) is 0 Å². The van der Waals surface area contributed by atoms with Crippen molar-refractivity contribution < 1.29 is 14.3 Å². The summed E-state index contributed by atoms with van der Waals surface area (Å²) < 4.78 is 12.5. The van der Waals surface area contributed by atoms with Gasteiger partial charge in [0.1, 0.15) is 9.74 Å². The number of H-pyrrole nitrogens is 1. The number of hydrogen-bond donors (Lipinski definition) is 2. The number of aromatic nitrogens is 1. The number of alkyl halides is 1. The smallest absolute Gasteiger partial charge is 0.316 e. The molecule has 1 aromatic carbocycles. The third kappa shape index (κ3) is 2.18. The van der Waals surface area contributed by atoms with Gasteiger partial charge >= 0.3 is 5.97 Å². The predicted octanol–water partition coefficient (Wildman–Crippen LogP) is 2.74. The highest BCUT2D eigenvalue weighted by molar-refractivity contribution is 14.1. The predicted molar refractivity (Wildman–Crippen MR) is 67.4 cm³/mol. The van der Waals surface area contributed by atoms with Gasteiger partial charge in [-0.05, 0) is 30.2 Å². The summed E-state index contributed by atoms with van der Waals surface area (Å²) in [6.45, 7) is 0. The van der Waals surface area contributed by atoms with Gasteiger partial charge in [0.15, 0.2) is 0 Å². The molecule has 3 nitrogen and oxygen atoms in total. The lowest BCUT2D eigenvalue weighted by Gasteiger charge is -2.02. The summed E-state index contributed by atoms with van der Waals surface area (Å²) in [6, 6.07) is 4.45. The van der Waals surface area contributed by atoms with E-state index < -0.39 is 9.89 Å². The number of hydrogen-bond acceptors (Lipinski definition) is 1. The second-order valence-corrected chi connectivity index (χ2v) is 5.02. The van der Waals surface area contributed by atoms with E-state index in [4.69, 9.17) is 5.11 Å². The molecular weight excluding hydrogens is 324 g/mol. The Balaban J connectivity index is 2.35. The van der Waals surface area contributed by atoms with Crippen molar-refractivity contribution in [3.63, 3.8) is 0 Å². The molecule has 2 rings (SSSR count). The average Bonchev–Trinajstić information content (AvgIpc) is 2.60. The molecule has 0 aliphatic rings. The van der Waals surface area contributed by atoms with E-state index in [2.05, 4.69) is 4.98 Å². The molecule has 2 aromatic rings. The Morgan fingerprint density at radius 3 is 3.00 bits per heavy atom. The second-order valence-electron chi connectivity index (χ2n) is 3.51. The van der Waals surface area contributed by atoms with Gasteiger partial charge in [-0.2, -0.15) is 0 Å². The van der Waals surface area contributed by atoms with E-state index >= 15 is 0 Å². The molecule has 1 heterocycles. The fraction of sp³-hybridized carbons (Fsp3) is 0.182. The first-order valence-electron chi connectivity index (χ1n) is 4.70. The van der Waals surface area contributed by atoms with Crippen molar-refractivity contribution in [1.82, 2.24) is 4.98 Å². The zero-order chi connectivity index (χ0) is 11.7. The summed E-state index contributed by atoms with van der Waals surface area (Å²) in [5.41, 5.74) is 1.60. The summed E-state index contributed by atoms with van der Waals surface area (Å²) in [4.78, 5) is 13.7. The van der Waals surface area contributed by atoms with E-state index in [9.17, 15) is 9.18 Å². The van der Waals surface area contributed by atoms with Crippen LogP contribution in [0.4, 0.5) is 4.39 Å². The van der Waals surface area contributed by atoms with Crippen molar-refractivity contribution in [3.05, 3.63) is 35.8 Å². The number of halogens is 2. The highest BCUT2D eigenvalue weighted by Crippen LogP contribution is 2.22. The maximum atomic E-state index is 12.9. The molecular formula is C11H9FINO2. The molecule has 0 fully saturated rings. The highest BCUT2D eigenvalue weighted by Gasteiger charge is 2.15. The molecule has 0 aliphatic carbocycles. The van der Waals surface area contributed by atoms with Crippen LogP contribution in [-0.4, -0.2) is 20.0 Å². The normalized spacial score (nSPS) is 12.9. The van der Waals surface area contributed by atoms with Crippen LogP contribution in [0, 0.1) is 5.82 Å². The van der Waals surface area contributed by atoms with E-state index in [1.54, 1.807) is 12.3 Å². The Morgan fingerprint density at radius 2 is 2.31 bits per heavy atom. The summed E-state index contributed by atoms with van der Waals surface area (Å²) in [6.07, 6.45) is 2.17. The molecule has 0 radical (unpaired) electrons. The van der Waals surface area contributed by atoms with Crippen molar-refractivity contribution >= 4 is 39.5 Å². The minimum absolute atomic E-state index is 0.301. The lowest BCUT2D eigenvalue weighted by Crippen LogP contribution is -2.14. The average molecular weight is 333 g/mol. The number of aromatic amines is 1. The van der Waals surface area contributed by atoms with Gasteiger partial charge in [0.25, 0.3) is 0 Å². The van der Waals surface area contributed by atoms with E-state index in [0.717, 1.165) is 10.9 Å². The molecule has 0 amide bonds. The van der Waals surface area contributed by atoms with Gasteiger partial charge in [0, 0.05) is 17.1 Å². The van der Waals surface area contributed by atoms with Gasteiger partial charge in [-0.3, -0.25) is 4.79 Å². The van der Waals surface area contributed by atoms with E-state index in [1.807, 2.05) is 22.6 Å². The molecule has 2 N–H and O–H groups in total. The summed E-state index contributed by atoms with van der Waals surface area (Å²) in [5.74, 6) is -1.14. The Hall–Kier alpha value is -1.11. The van der Waals surface area contributed by atoms with E-state index in [0.29, 0.717) is 11.9 Å². The van der Waals surface area contributed by atoms with E-state index in [-0.39, 0.29) is 5.82 Å². The van der Waals surface area contributed by atoms with Crippen LogP contribution in [0.5, 0.6) is 0 Å². The first-order chi connectivity index (χ1) is 7.58. The van der Waals surface area contributed by atoms with Gasteiger partial charge < -0.3 is 10.1 Å². The SMILES string of the molecule is O=C(O)C(I)Cc1c[nH]c2cc(F)ccc12. The molecule has 0 aliphatic heterocycles. The van der Waals surface area contributed by atoms with E-state index in [1.165, 1.54) is 12.1 Å². The van der Waals surface area contributed by atoms with Crippen LogP contribution in [-0.2, 0) is 11.2 Å². The zero-order valence-electron chi connectivity index (χ0n) is 8.21. The molecule has 1 unspecified atom stereocenters. The van der Waals surface area contributed by atoms with Gasteiger partial charge in [-0.15, -0.1) is 0 Å². The highest BCUT2D eigenvalue weighted by atomic mass is 127. The maximum Gasteiger partial charge on any atom is 0.316 e. The fourth-order valence-electron chi connectivity index (χ4n) is 1.61. The summed E-state index contributed by atoms with van der Waals surface area (Å²) in [7, 11) is 0. The summed E-state index contributed by atoms with van der Waals surface area (Å²) in [5, 5.41) is 9.70. The van der Waals surface area contributed by atoms with Crippen molar-refractivity contribution in [2.45, 2.75) is 10.3 Å². The minimum atomic E-state index is -0.836. The maximum absolute atomic E-state index is 12.9. The van der Waals surface area contributed by atoms with Crippen molar-refractivity contribution in [2.75, 3.05) is 0 Å². The molecule has 1 atom stereocenters. The van der Waals surface area contributed by atoms with Crippen LogP contribution in [0.3, 0.4) is 0 Å². The molecule has 1 aromatic heterocycles. The fourth-order valence-corrected chi connectivity index (χ4v) is 2.08. The third-order valence-corrected chi connectivity index (χ3v) is 3.37. The number of nitrogens with one attached hydrogen (secondary N) is 1. The van der Waals surface area contributed by atoms with Crippen LogP contribution in [0.15, 0.2) is 24.4 Å². The molecule has 0 spiro atoms. The number of carbonyl (C=O) groups is 1. The van der Waals surface area contributed by atoms with Crippen molar-refractivity contribution in [2.24, 2.45) is 0 Å². The first-order valence-corrected chi connectivity index (χ1v) is 5.95. The standard InChI is InChI=1S/C11H9FINO2/c12-7-1-2-8-6(3-9(13)11(15)16)5-14-10(8)4-7/h1-2,4-5,9,14H,3H2,(H,15,16). The Bertz CT molecular complexity index is 538. The Labute approximate surface area is 105 Å².